The molecule has 3 nitrogen and oxygen atoms in total. The van der Waals surface area contributed by atoms with Gasteiger partial charge in [0.2, 0.25) is 0 Å². The molecule has 3 unspecified atom stereocenters. The first-order valence-corrected chi connectivity index (χ1v) is 9.38. The zero-order valence-corrected chi connectivity index (χ0v) is 13.2. The van der Waals surface area contributed by atoms with Crippen molar-refractivity contribution in [3.8, 4) is 0 Å². The van der Waals surface area contributed by atoms with Gasteiger partial charge in [-0.2, -0.15) is 0 Å². The third kappa shape index (κ3) is 4.60. The molecule has 0 aromatic carbocycles. The number of hydrogen-bond acceptors (Lipinski definition) is 3. The van der Waals surface area contributed by atoms with Crippen LogP contribution in [0, 0.1) is 23.2 Å². The van der Waals surface area contributed by atoms with Crippen LogP contribution in [0.3, 0.4) is 0 Å². The zero-order chi connectivity index (χ0) is 14.1. The fraction of sp³-hybridized carbons (Fsp3) is 0.867. The van der Waals surface area contributed by atoms with Gasteiger partial charge in [-0.25, -0.2) is 8.42 Å². The molecule has 0 aromatic heterocycles. The maximum absolute atomic E-state index is 11.2. The maximum atomic E-state index is 11.2. The van der Waals surface area contributed by atoms with Gasteiger partial charge >= 0.3 is 0 Å². The first-order chi connectivity index (χ1) is 8.75. The SMILES string of the molecule is CC(C)(CCS(C)(=O)=O)CNCC1CC2C=CC1C2. The molecule has 0 aliphatic heterocycles. The lowest BCUT2D eigenvalue weighted by molar-refractivity contribution is 0.307. The van der Waals surface area contributed by atoms with Crippen LogP contribution in [0.15, 0.2) is 12.2 Å². The average molecular weight is 285 g/mol. The van der Waals surface area contributed by atoms with Crippen LogP contribution in [0.4, 0.5) is 0 Å². The second-order valence-electron chi connectivity index (χ2n) is 7.22. The van der Waals surface area contributed by atoms with E-state index in [0.29, 0.717) is 5.75 Å². The Kier molecular flexibility index (Phi) is 4.41. The van der Waals surface area contributed by atoms with E-state index in [-0.39, 0.29) is 5.41 Å². The third-order valence-electron chi connectivity index (χ3n) is 4.58. The summed E-state index contributed by atoms with van der Waals surface area (Å²) in [5, 5.41) is 3.56. The summed E-state index contributed by atoms with van der Waals surface area (Å²) >= 11 is 0. The Hall–Kier alpha value is -0.350. The van der Waals surface area contributed by atoms with E-state index in [1.54, 1.807) is 0 Å². The van der Waals surface area contributed by atoms with Crippen LogP contribution in [0.2, 0.25) is 0 Å². The topological polar surface area (TPSA) is 46.2 Å². The molecule has 110 valence electrons. The number of hydrogen-bond donors (Lipinski definition) is 1. The van der Waals surface area contributed by atoms with Crippen LogP contribution in [0.5, 0.6) is 0 Å². The Morgan fingerprint density at radius 2 is 2.00 bits per heavy atom. The first kappa shape index (κ1) is 15.0. The van der Waals surface area contributed by atoms with Gasteiger partial charge in [0, 0.05) is 12.8 Å². The summed E-state index contributed by atoms with van der Waals surface area (Å²) < 4.78 is 22.4. The lowest BCUT2D eigenvalue weighted by Gasteiger charge is -2.27. The molecule has 1 fully saturated rings. The molecule has 19 heavy (non-hydrogen) atoms. The molecule has 3 atom stereocenters. The van der Waals surface area contributed by atoms with Crippen molar-refractivity contribution in [1.29, 1.82) is 0 Å². The van der Waals surface area contributed by atoms with Crippen molar-refractivity contribution < 1.29 is 8.42 Å². The Balaban J connectivity index is 1.68. The minimum Gasteiger partial charge on any atom is -0.316 e. The standard InChI is InChI=1S/C15H27NO2S/c1-15(2,6-7-19(3,17)18)11-16-10-14-9-12-4-5-13(14)8-12/h4-5,12-14,16H,6-11H2,1-3H3. The Morgan fingerprint density at radius 3 is 2.53 bits per heavy atom. The minimum atomic E-state index is -2.84. The summed E-state index contributed by atoms with van der Waals surface area (Å²) in [6.45, 7) is 6.27. The molecule has 0 heterocycles. The number of rotatable bonds is 7. The molecule has 0 saturated heterocycles. The third-order valence-corrected chi connectivity index (χ3v) is 5.52. The minimum absolute atomic E-state index is 0.0521. The van der Waals surface area contributed by atoms with Gasteiger partial charge in [0.25, 0.3) is 0 Å². The highest BCUT2D eigenvalue weighted by Gasteiger charge is 2.35. The van der Waals surface area contributed by atoms with Crippen LogP contribution in [-0.4, -0.2) is 33.5 Å². The Labute approximate surface area is 117 Å². The second kappa shape index (κ2) is 5.57. The predicted molar refractivity (Wildman–Crippen MR) is 79.8 cm³/mol. The largest absolute Gasteiger partial charge is 0.316 e. The molecule has 2 aliphatic carbocycles. The van der Waals surface area contributed by atoms with E-state index in [1.165, 1.54) is 19.1 Å². The van der Waals surface area contributed by atoms with Crippen molar-refractivity contribution >= 4 is 9.84 Å². The molecule has 1 saturated carbocycles. The van der Waals surface area contributed by atoms with Crippen molar-refractivity contribution in [2.24, 2.45) is 23.2 Å². The van der Waals surface area contributed by atoms with Crippen molar-refractivity contribution in [3.05, 3.63) is 12.2 Å². The Morgan fingerprint density at radius 1 is 1.26 bits per heavy atom. The fourth-order valence-electron chi connectivity index (χ4n) is 3.28. The van der Waals surface area contributed by atoms with E-state index in [9.17, 15) is 8.42 Å². The normalized spacial score (nSPS) is 30.2. The van der Waals surface area contributed by atoms with Crippen molar-refractivity contribution in [1.82, 2.24) is 5.32 Å². The van der Waals surface area contributed by atoms with Crippen LogP contribution < -0.4 is 5.32 Å². The van der Waals surface area contributed by atoms with Gasteiger partial charge in [-0.15, -0.1) is 0 Å². The van der Waals surface area contributed by atoms with E-state index in [1.807, 2.05) is 0 Å². The predicted octanol–water partition coefficient (Wildman–Crippen LogP) is 2.25. The average Bonchev–Trinajstić information content (AvgIpc) is 2.87. The number of fused-ring (bicyclic) bond motifs is 2. The number of sulfone groups is 1. The summed E-state index contributed by atoms with van der Waals surface area (Å²) in [4.78, 5) is 0. The van der Waals surface area contributed by atoms with Gasteiger partial charge in [-0.1, -0.05) is 26.0 Å². The van der Waals surface area contributed by atoms with E-state index >= 15 is 0 Å². The van der Waals surface area contributed by atoms with Crippen LogP contribution >= 0.6 is 0 Å². The van der Waals surface area contributed by atoms with E-state index in [4.69, 9.17) is 0 Å². The molecule has 0 spiro atoms. The van der Waals surface area contributed by atoms with Crippen LogP contribution in [-0.2, 0) is 9.84 Å². The maximum Gasteiger partial charge on any atom is 0.147 e. The smallest absolute Gasteiger partial charge is 0.147 e. The lowest BCUT2D eigenvalue weighted by atomic mass is 9.89. The molecule has 2 aliphatic rings. The van der Waals surface area contributed by atoms with Gasteiger partial charge in [0.15, 0.2) is 0 Å². The fourth-order valence-corrected chi connectivity index (χ4v) is 4.20. The molecule has 0 aromatic rings. The molecular formula is C15H27NO2S. The quantitative estimate of drug-likeness (QED) is 0.730. The summed E-state index contributed by atoms with van der Waals surface area (Å²) in [5.74, 6) is 2.70. The van der Waals surface area contributed by atoms with Gasteiger partial charge in [0.05, 0.1) is 5.75 Å². The van der Waals surface area contributed by atoms with Crippen molar-refractivity contribution in [2.45, 2.75) is 33.1 Å². The van der Waals surface area contributed by atoms with Crippen molar-refractivity contribution in [3.63, 3.8) is 0 Å². The second-order valence-corrected chi connectivity index (χ2v) is 9.48. The number of nitrogens with one attached hydrogen (secondary N) is 1. The zero-order valence-electron chi connectivity index (χ0n) is 12.4. The van der Waals surface area contributed by atoms with E-state index < -0.39 is 9.84 Å². The van der Waals surface area contributed by atoms with Crippen LogP contribution in [0.25, 0.3) is 0 Å². The van der Waals surface area contributed by atoms with Gasteiger partial charge in [-0.05, 0) is 49.0 Å². The lowest BCUT2D eigenvalue weighted by Crippen LogP contribution is -2.35. The summed E-state index contributed by atoms with van der Waals surface area (Å²) in [7, 11) is -2.84. The summed E-state index contributed by atoms with van der Waals surface area (Å²) in [6.07, 6.45) is 9.49. The molecule has 0 amide bonds. The summed E-state index contributed by atoms with van der Waals surface area (Å²) in [6, 6.07) is 0. The molecule has 1 N–H and O–H groups in total. The highest BCUT2D eigenvalue weighted by Crippen LogP contribution is 2.43. The highest BCUT2D eigenvalue weighted by atomic mass is 32.2. The summed E-state index contributed by atoms with van der Waals surface area (Å²) in [5.41, 5.74) is 0.0521. The highest BCUT2D eigenvalue weighted by molar-refractivity contribution is 7.90. The Bertz CT molecular complexity index is 439. The molecule has 0 radical (unpaired) electrons. The number of allylic oxidation sites excluding steroid dienone is 2. The molecule has 4 heteroatoms. The molecule has 2 bridgehead atoms. The monoisotopic (exact) mass is 285 g/mol. The van der Waals surface area contributed by atoms with Crippen molar-refractivity contribution in [2.75, 3.05) is 25.1 Å². The molecule has 2 rings (SSSR count). The van der Waals surface area contributed by atoms with Gasteiger partial charge < -0.3 is 5.32 Å². The molecular weight excluding hydrogens is 258 g/mol. The van der Waals surface area contributed by atoms with Crippen LogP contribution in [0.1, 0.15) is 33.1 Å². The van der Waals surface area contributed by atoms with Gasteiger partial charge in [0.1, 0.15) is 9.84 Å². The first-order valence-electron chi connectivity index (χ1n) is 7.32. The van der Waals surface area contributed by atoms with E-state index in [0.717, 1.165) is 37.3 Å². The van der Waals surface area contributed by atoms with E-state index in [2.05, 4.69) is 31.3 Å². The van der Waals surface area contributed by atoms with Gasteiger partial charge in [-0.3, -0.25) is 0 Å².